The summed E-state index contributed by atoms with van der Waals surface area (Å²) in [4.78, 5) is 2.45. The molecule has 0 aromatic heterocycles. The predicted octanol–water partition coefficient (Wildman–Crippen LogP) is 15.8. The van der Waals surface area contributed by atoms with Gasteiger partial charge in [-0.2, -0.15) is 0 Å². The molecule has 0 bridgehead atoms. The van der Waals surface area contributed by atoms with Crippen LogP contribution in [0.2, 0.25) is 0 Å². The Hall–Kier alpha value is -7.48. The smallest absolute Gasteiger partial charge is 0.0624 e. The van der Waals surface area contributed by atoms with Crippen LogP contribution in [0, 0.1) is 0 Å². The van der Waals surface area contributed by atoms with E-state index in [9.17, 15) is 0 Å². The molecule has 57 heavy (non-hydrogen) atoms. The van der Waals surface area contributed by atoms with Crippen molar-refractivity contribution in [3.63, 3.8) is 0 Å². The first kappa shape index (κ1) is 34.0. The van der Waals surface area contributed by atoms with E-state index in [-0.39, 0.29) is 0 Å². The van der Waals surface area contributed by atoms with Gasteiger partial charge in [0.1, 0.15) is 0 Å². The van der Waals surface area contributed by atoms with Crippen LogP contribution in [0.1, 0.15) is 0 Å². The molecular weight excluding hydrogens is 687 g/mol. The average Bonchev–Trinajstić information content (AvgIpc) is 3.30. The third-order valence-electron chi connectivity index (χ3n) is 11.1. The lowest BCUT2D eigenvalue weighted by Crippen LogP contribution is -2.12. The molecule has 268 valence electrons. The van der Waals surface area contributed by atoms with Gasteiger partial charge in [0.15, 0.2) is 0 Å². The standard InChI is InChI=1S/C56H39N/c1-4-14-40(15-5-1)42-24-26-44(27-25-42)45-28-30-46(31-29-45)47-36-38-50(39-37-47)57(49-18-8-3-9-19-49)56-54-23-13-11-21-52(54)51-20-10-12-22-53(51)55(56)48-34-32-43(33-35-48)41-16-6-2-7-17-41/h1-39H. The highest BCUT2D eigenvalue weighted by Gasteiger charge is 2.23. The number of nitrogens with zero attached hydrogens (tertiary/aromatic N) is 1. The summed E-state index contributed by atoms with van der Waals surface area (Å²) in [5, 5.41) is 4.92. The summed E-state index contributed by atoms with van der Waals surface area (Å²) in [7, 11) is 0. The zero-order valence-corrected chi connectivity index (χ0v) is 31.5. The molecule has 1 heteroatoms. The van der Waals surface area contributed by atoms with Crippen molar-refractivity contribution in [2.45, 2.75) is 0 Å². The van der Waals surface area contributed by atoms with Gasteiger partial charge in [-0.15, -0.1) is 0 Å². The van der Waals surface area contributed by atoms with Gasteiger partial charge >= 0.3 is 0 Å². The highest BCUT2D eigenvalue weighted by atomic mass is 15.1. The number of hydrogen-bond donors (Lipinski definition) is 0. The molecule has 0 N–H and O–H groups in total. The molecular formula is C56H39N. The lowest BCUT2D eigenvalue weighted by atomic mass is 9.89. The molecule has 0 heterocycles. The summed E-state index contributed by atoms with van der Waals surface area (Å²) in [5.41, 5.74) is 15.4. The number of anilines is 3. The first-order chi connectivity index (χ1) is 28.3. The molecule has 0 saturated carbocycles. The number of rotatable bonds is 8. The molecule has 0 aliphatic rings. The minimum absolute atomic E-state index is 1.10. The highest BCUT2D eigenvalue weighted by Crippen LogP contribution is 2.49. The van der Waals surface area contributed by atoms with Crippen molar-refractivity contribution in [2.75, 3.05) is 4.90 Å². The Balaban J connectivity index is 1.07. The summed E-state index contributed by atoms with van der Waals surface area (Å²) >= 11 is 0. The van der Waals surface area contributed by atoms with Gasteiger partial charge in [-0.1, -0.05) is 212 Å². The van der Waals surface area contributed by atoms with E-state index >= 15 is 0 Å². The van der Waals surface area contributed by atoms with Crippen LogP contribution in [0.15, 0.2) is 237 Å². The van der Waals surface area contributed by atoms with Crippen molar-refractivity contribution in [3.8, 4) is 55.6 Å². The van der Waals surface area contributed by atoms with Crippen LogP contribution in [0.25, 0.3) is 77.2 Å². The maximum atomic E-state index is 2.45. The Labute approximate surface area is 334 Å². The van der Waals surface area contributed by atoms with E-state index in [4.69, 9.17) is 0 Å². The summed E-state index contributed by atoms with van der Waals surface area (Å²) in [6.45, 7) is 0. The van der Waals surface area contributed by atoms with Crippen LogP contribution in [0.4, 0.5) is 17.1 Å². The Morgan fingerprint density at radius 3 is 0.912 bits per heavy atom. The van der Waals surface area contributed by atoms with Crippen LogP contribution < -0.4 is 4.90 Å². The van der Waals surface area contributed by atoms with Crippen LogP contribution in [-0.4, -0.2) is 0 Å². The predicted molar refractivity (Wildman–Crippen MR) is 243 cm³/mol. The number of para-hydroxylation sites is 1. The van der Waals surface area contributed by atoms with E-state index in [0.717, 1.165) is 11.4 Å². The van der Waals surface area contributed by atoms with Crippen molar-refractivity contribution in [1.82, 2.24) is 0 Å². The van der Waals surface area contributed by atoms with Gasteiger partial charge in [-0.3, -0.25) is 0 Å². The second-order valence-corrected chi connectivity index (χ2v) is 14.5. The average molecular weight is 726 g/mol. The molecule has 0 aliphatic carbocycles. The van der Waals surface area contributed by atoms with E-state index in [1.807, 2.05) is 0 Å². The minimum Gasteiger partial charge on any atom is -0.309 e. The van der Waals surface area contributed by atoms with Crippen LogP contribution in [0.5, 0.6) is 0 Å². The molecule has 0 amide bonds. The number of fused-ring (bicyclic) bond motifs is 3. The molecule has 0 aliphatic heterocycles. The number of benzene rings is 10. The Bertz CT molecular complexity index is 2930. The fourth-order valence-electron chi connectivity index (χ4n) is 8.24. The Kier molecular flexibility index (Phi) is 8.95. The summed E-state index contributed by atoms with van der Waals surface area (Å²) in [6, 6.07) is 85.5. The molecule has 10 aromatic carbocycles. The van der Waals surface area contributed by atoms with Crippen molar-refractivity contribution in [2.24, 2.45) is 0 Å². The van der Waals surface area contributed by atoms with Crippen molar-refractivity contribution >= 4 is 38.6 Å². The number of hydrogen-bond acceptors (Lipinski definition) is 1. The summed E-state index contributed by atoms with van der Waals surface area (Å²) < 4.78 is 0. The highest BCUT2D eigenvalue weighted by molar-refractivity contribution is 6.22. The first-order valence-electron chi connectivity index (χ1n) is 19.6. The third-order valence-corrected chi connectivity index (χ3v) is 11.1. The van der Waals surface area contributed by atoms with Gasteiger partial charge in [-0.25, -0.2) is 0 Å². The van der Waals surface area contributed by atoms with Gasteiger partial charge in [0, 0.05) is 22.3 Å². The van der Waals surface area contributed by atoms with E-state index in [0.29, 0.717) is 0 Å². The Morgan fingerprint density at radius 2 is 0.474 bits per heavy atom. The maximum absolute atomic E-state index is 2.45. The molecule has 0 saturated heterocycles. The van der Waals surface area contributed by atoms with E-state index < -0.39 is 0 Å². The lowest BCUT2D eigenvalue weighted by Gasteiger charge is -2.30. The second kappa shape index (κ2) is 15.0. The normalized spacial score (nSPS) is 11.2. The van der Waals surface area contributed by atoms with Crippen LogP contribution >= 0.6 is 0 Å². The zero-order chi connectivity index (χ0) is 38.0. The SMILES string of the molecule is c1ccc(-c2ccc(-c3ccc(-c4ccc(N(c5ccccc5)c5c(-c6ccc(-c7ccccc7)cc6)c6ccccc6c6ccccc56)cc4)cc3)cc2)cc1. The lowest BCUT2D eigenvalue weighted by molar-refractivity contribution is 1.30. The van der Waals surface area contributed by atoms with Crippen molar-refractivity contribution in [3.05, 3.63) is 237 Å². The molecule has 0 fully saturated rings. The monoisotopic (exact) mass is 725 g/mol. The Morgan fingerprint density at radius 1 is 0.193 bits per heavy atom. The fraction of sp³-hybridized carbons (Fsp3) is 0. The zero-order valence-electron chi connectivity index (χ0n) is 31.5. The van der Waals surface area contributed by atoms with Crippen LogP contribution in [0.3, 0.4) is 0 Å². The van der Waals surface area contributed by atoms with Crippen molar-refractivity contribution in [1.29, 1.82) is 0 Å². The minimum atomic E-state index is 1.10. The first-order valence-corrected chi connectivity index (χ1v) is 19.6. The van der Waals surface area contributed by atoms with E-state index in [1.54, 1.807) is 0 Å². The summed E-state index contributed by atoms with van der Waals surface area (Å²) in [5.74, 6) is 0. The second-order valence-electron chi connectivity index (χ2n) is 14.5. The largest absolute Gasteiger partial charge is 0.309 e. The molecule has 0 radical (unpaired) electrons. The molecule has 0 spiro atoms. The van der Waals surface area contributed by atoms with Gasteiger partial charge in [-0.05, 0) is 90.5 Å². The molecule has 10 aromatic rings. The van der Waals surface area contributed by atoms with Gasteiger partial charge < -0.3 is 4.90 Å². The van der Waals surface area contributed by atoms with E-state index in [1.165, 1.54) is 82.9 Å². The third kappa shape index (κ3) is 6.56. The quantitative estimate of drug-likeness (QED) is 0.141. The summed E-state index contributed by atoms with van der Waals surface area (Å²) in [6.07, 6.45) is 0. The molecule has 1 nitrogen and oxygen atoms in total. The molecule has 0 atom stereocenters. The van der Waals surface area contributed by atoms with Crippen LogP contribution in [-0.2, 0) is 0 Å². The molecule has 10 rings (SSSR count). The maximum Gasteiger partial charge on any atom is 0.0624 e. The van der Waals surface area contributed by atoms with Gasteiger partial charge in [0.25, 0.3) is 0 Å². The topological polar surface area (TPSA) is 3.24 Å². The van der Waals surface area contributed by atoms with Gasteiger partial charge in [0.05, 0.1) is 5.69 Å². The van der Waals surface area contributed by atoms with Gasteiger partial charge in [0.2, 0.25) is 0 Å². The fourth-order valence-corrected chi connectivity index (χ4v) is 8.24. The van der Waals surface area contributed by atoms with E-state index in [2.05, 4.69) is 241 Å². The van der Waals surface area contributed by atoms with Crippen molar-refractivity contribution < 1.29 is 0 Å². The molecule has 0 unspecified atom stereocenters.